The standard InChI is InChI=1S/C19H26N2O4/c1-2-25-18(23)12-11-17(22)20-16-9-7-15(8-10-16)19(24)21-13-5-3-4-6-14-21/h7-10H,2-6,11-14H2,1H3,(H,20,22). The molecule has 1 aromatic carbocycles. The van der Waals surface area contributed by atoms with Crippen LogP contribution in [-0.2, 0) is 14.3 Å². The lowest BCUT2D eigenvalue weighted by Gasteiger charge is -2.20. The van der Waals surface area contributed by atoms with E-state index < -0.39 is 0 Å². The molecule has 1 fully saturated rings. The van der Waals surface area contributed by atoms with Gasteiger partial charge in [0, 0.05) is 30.8 Å². The summed E-state index contributed by atoms with van der Waals surface area (Å²) >= 11 is 0. The molecule has 0 radical (unpaired) electrons. The molecule has 1 aliphatic heterocycles. The van der Waals surface area contributed by atoms with E-state index in [2.05, 4.69) is 5.32 Å². The molecule has 0 bridgehead atoms. The molecule has 6 nitrogen and oxygen atoms in total. The van der Waals surface area contributed by atoms with Crippen molar-refractivity contribution in [2.75, 3.05) is 25.0 Å². The second kappa shape index (κ2) is 9.81. The van der Waals surface area contributed by atoms with Gasteiger partial charge in [-0.3, -0.25) is 14.4 Å². The number of benzene rings is 1. The summed E-state index contributed by atoms with van der Waals surface area (Å²) in [6.07, 6.45) is 4.61. The number of esters is 1. The number of carbonyl (C=O) groups is 3. The third-order valence-electron chi connectivity index (χ3n) is 4.17. The van der Waals surface area contributed by atoms with E-state index >= 15 is 0 Å². The van der Waals surface area contributed by atoms with Crippen LogP contribution in [0.1, 0.15) is 55.8 Å². The van der Waals surface area contributed by atoms with E-state index in [0.29, 0.717) is 17.9 Å². The van der Waals surface area contributed by atoms with Gasteiger partial charge in [-0.05, 0) is 44.0 Å². The van der Waals surface area contributed by atoms with Crippen molar-refractivity contribution in [3.8, 4) is 0 Å². The predicted octanol–water partition coefficient (Wildman–Crippen LogP) is 2.98. The van der Waals surface area contributed by atoms with Crippen LogP contribution in [0.2, 0.25) is 0 Å². The van der Waals surface area contributed by atoms with Crippen molar-refractivity contribution < 1.29 is 19.1 Å². The van der Waals surface area contributed by atoms with Gasteiger partial charge in [-0.2, -0.15) is 0 Å². The predicted molar refractivity (Wildman–Crippen MR) is 95.3 cm³/mol. The highest BCUT2D eigenvalue weighted by atomic mass is 16.5. The van der Waals surface area contributed by atoms with Crippen LogP contribution in [0.3, 0.4) is 0 Å². The Hall–Kier alpha value is -2.37. The Bertz CT molecular complexity index is 590. The van der Waals surface area contributed by atoms with Crippen molar-refractivity contribution in [1.82, 2.24) is 4.90 Å². The summed E-state index contributed by atoms with van der Waals surface area (Å²) in [5.74, 6) is -0.585. The van der Waals surface area contributed by atoms with Crippen LogP contribution >= 0.6 is 0 Å². The molecule has 136 valence electrons. The Balaban J connectivity index is 1.85. The molecule has 0 saturated carbocycles. The highest BCUT2D eigenvalue weighted by Crippen LogP contribution is 2.16. The van der Waals surface area contributed by atoms with E-state index in [9.17, 15) is 14.4 Å². The number of hydrogen-bond donors (Lipinski definition) is 1. The molecule has 2 amide bonds. The Morgan fingerprint density at radius 3 is 2.24 bits per heavy atom. The second-order valence-electron chi connectivity index (χ2n) is 6.14. The highest BCUT2D eigenvalue weighted by Gasteiger charge is 2.17. The molecular weight excluding hydrogens is 320 g/mol. The molecule has 0 spiro atoms. The zero-order valence-electron chi connectivity index (χ0n) is 14.8. The first-order chi connectivity index (χ1) is 12.1. The maximum atomic E-state index is 12.5. The minimum atomic E-state index is -0.379. The molecular formula is C19H26N2O4. The summed E-state index contributed by atoms with van der Waals surface area (Å²) in [5.41, 5.74) is 1.24. The average molecular weight is 346 g/mol. The highest BCUT2D eigenvalue weighted by molar-refractivity contribution is 5.96. The van der Waals surface area contributed by atoms with Gasteiger partial charge in [-0.25, -0.2) is 0 Å². The topological polar surface area (TPSA) is 75.7 Å². The summed E-state index contributed by atoms with van der Waals surface area (Å²) in [5, 5.41) is 2.72. The van der Waals surface area contributed by atoms with Crippen LogP contribution in [0.5, 0.6) is 0 Å². The van der Waals surface area contributed by atoms with E-state index in [1.165, 1.54) is 12.8 Å². The average Bonchev–Trinajstić information content (AvgIpc) is 2.90. The number of likely N-dealkylation sites (tertiary alicyclic amines) is 1. The summed E-state index contributed by atoms with van der Waals surface area (Å²) in [6.45, 7) is 3.66. The number of ether oxygens (including phenoxy) is 1. The summed E-state index contributed by atoms with van der Waals surface area (Å²) in [4.78, 5) is 37.5. The van der Waals surface area contributed by atoms with Crippen molar-refractivity contribution in [3.05, 3.63) is 29.8 Å². The van der Waals surface area contributed by atoms with E-state index in [1.54, 1.807) is 31.2 Å². The Kier molecular flexibility index (Phi) is 7.44. The number of rotatable bonds is 6. The maximum absolute atomic E-state index is 12.5. The number of anilines is 1. The number of amides is 2. The Morgan fingerprint density at radius 1 is 1.00 bits per heavy atom. The lowest BCUT2D eigenvalue weighted by atomic mass is 10.1. The normalized spacial score (nSPS) is 14.5. The SMILES string of the molecule is CCOC(=O)CCC(=O)Nc1ccc(C(=O)N2CCCCCC2)cc1. The van der Waals surface area contributed by atoms with Gasteiger partial charge in [-0.15, -0.1) is 0 Å². The molecule has 0 aliphatic carbocycles. The van der Waals surface area contributed by atoms with Crippen molar-refractivity contribution >= 4 is 23.5 Å². The first kappa shape index (κ1) is 19.0. The Labute approximate surface area is 148 Å². The van der Waals surface area contributed by atoms with E-state index in [0.717, 1.165) is 25.9 Å². The summed E-state index contributed by atoms with van der Waals surface area (Å²) in [7, 11) is 0. The first-order valence-corrected chi connectivity index (χ1v) is 8.95. The van der Waals surface area contributed by atoms with Gasteiger partial charge in [0.05, 0.1) is 13.0 Å². The fourth-order valence-corrected chi connectivity index (χ4v) is 2.82. The van der Waals surface area contributed by atoms with Crippen LogP contribution in [0.25, 0.3) is 0 Å². The zero-order chi connectivity index (χ0) is 18.1. The van der Waals surface area contributed by atoms with Gasteiger partial charge in [0.15, 0.2) is 0 Å². The Morgan fingerprint density at radius 2 is 1.64 bits per heavy atom. The third kappa shape index (κ3) is 6.21. The van der Waals surface area contributed by atoms with Gasteiger partial charge in [0.1, 0.15) is 0 Å². The largest absolute Gasteiger partial charge is 0.466 e. The van der Waals surface area contributed by atoms with Crippen molar-refractivity contribution in [3.63, 3.8) is 0 Å². The van der Waals surface area contributed by atoms with Crippen LogP contribution < -0.4 is 5.32 Å². The zero-order valence-corrected chi connectivity index (χ0v) is 14.8. The minimum Gasteiger partial charge on any atom is -0.466 e. The number of hydrogen-bond acceptors (Lipinski definition) is 4. The third-order valence-corrected chi connectivity index (χ3v) is 4.17. The molecule has 1 aromatic rings. The van der Waals surface area contributed by atoms with E-state index in [-0.39, 0.29) is 30.6 Å². The van der Waals surface area contributed by atoms with Crippen molar-refractivity contribution in [2.45, 2.75) is 45.4 Å². The molecule has 2 rings (SSSR count). The fraction of sp³-hybridized carbons (Fsp3) is 0.526. The van der Waals surface area contributed by atoms with Gasteiger partial charge < -0.3 is 15.0 Å². The summed E-state index contributed by atoms with van der Waals surface area (Å²) < 4.78 is 4.79. The van der Waals surface area contributed by atoms with E-state index in [1.807, 2.05) is 4.90 Å². The fourth-order valence-electron chi connectivity index (χ4n) is 2.82. The molecule has 1 N–H and O–H groups in total. The molecule has 0 atom stereocenters. The molecule has 0 aromatic heterocycles. The van der Waals surface area contributed by atoms with Gasteiger partial charge in [-0.1, -0.05) is 12.8 Å². The quantitative estimate of drug-likeness (QED) is 0.804. The molecule has 0 unspecified atom stereocenters. The smallest absolute Gasteiger partial charge is 0.306 e. The van der Waals surface area contributed by atoms with Crippen molar-refractivity contribution in [2.24, 2.45) is 0 Å². The minimum absolute atomic E-state index is 0.0436. The van der Waals surface area contributed by atoms with Crippen LogP contribution in [0.4, 0.5) is 5.69 Å². The monoisotopic (exact) mass is 346 g/mol. The molecule has 25 heavy (non-hydrogen) atoms. The van der Waals surface area contributed by atoms with E-state index in [4.69, 9.17) is 4.74 Å². The molecule has 1 saturated heterocycles. The van der Waals surface area contributed by atoms with Gasteiger partial charge in [0.25, 0.3) is 5.91 Å². The lowest BCUT2D eigenvalue weighted by Crippen LogP contribution is -2.31. The van der Waals surface area contributed by atoms with Gasteiger partial charge in [0.2, 0.25) is 5.91 Å². The van der Waals surface area contributed by atoms with Gasteiger partial charge >= 0.3 is 5.97 Å². The van der Waals surface area contributed by atoms with Crippen LogP contribution in [0, 0.1) is 0 Å². The summed E-state index contributed by atoms with van der Waals surface area (Å²) in [6, 6.07) is 6.89. The lowest BCUT2D eigenvalue weighted by molar-refractivity contribution is -0.144. The maximum Gasteiger partial charge on any atom is 0.306 e. The van der Waals surface area contributed by atoms with Crippen molar-refractivity contribution in [1.29, 1.82) is 0 Å². The molecule has 6 heteroatoms. The second-order valence-corrected chi connectivity index (χ2v) is 6.14. The van der Waals surface area contributed by atoms with Crippen LogP contribution in [0.15, 0.2) is 24.3 Å². The first-order valence-electron chi connectivity index (χ1n) is 8.95. The van der Waals surface area contributed by atoms with Crippen LogP contribution in [-0.4, -0.2) is 42.4 Å². The molecule has 1 aliphatic rings. The number of nitrogens with one attached hydrogen (secondary N) is 1. The number of carbonyl (C=O) groups excluding carboxylic acids is 3. The number of nitrogens with zero attached hydrogens (tertiary/aromatic N) is 1. The molecule has 1 heterocycles.